The molecule has 3 amide bonds. The molecule has 0 saturated carbocycles. The van der Waals surface area contributed by atoms with E-state index in [1.54, 1.807) is 18.2 Å². The fraction of sp³-hybridized carbons (Fsp3) is 0.432. The number of hydrazone groups is 1. The monoisotopic (exact) mass is 833 g/mol. The minimum atomic E-state index is -2.13. The van der Waals surface area contributed by atoms with E-state index < -0.39 is 63.3 Å². The van der Waals surface area contributed by atoms with Crippen molar-refractivity contribution < 1.29 is 50.9 Å². The molecule has 0 bridgehead atoms. The SMILES string of the molecule is CN(OCC(=O)ON1C(=O)CCC1=O)C(=O)C1=C\N/N=C(/C=C/C=C/C=C2/N(CCCSO)c3ccc(S(=O)O)cc3C2(C)C)C(C)(C)\C(CCCS(=O)O)=C\1. The van der Waals surface area contributed by atoms with Gasteiger partial charge in [0.05, 0.1) is 16.2 Å². The number of hydrogen-bond acceptors (Lipinski definition) is 13. The van der Waals surface area contributed by atoms with Crippen LogP contribution < -0.4 is 10.3 Å². The van der Waals surface area contributed by atoms with E-state index in [2.05, 4.69) is 29.3 Å². The van der Waals surface area contributed by atoms with Gasteiger partial charge >= 0.3 is 5.97 Å². The molecule has 4 rings (SSSR count). The van der Waals surface area contributed by atoms with Crippen LogP contribution in [0.15, 0.2) is 87.7 Å². The molecule has 16 nitrogen and oxygen atoms in total. The number of allylic oxidation sites excluding steroid dienone is 7. The van der Waals surface area contributed by atoms with E-state index in [4.69, 9.17) is 9.68 Å². The Kier molecular flexibility index (Phi) is 15.7. The molecule has 2 unspecified atom stereocenters. The first kappa shape index (κ1) is 44.5. The number of likely N-dealkylation sites (N-methyl/N-ethyl adjacent to an activating group) is 1. The lowest BCUT2D eigenvalue weighted by Gasteiger charge is -2.30. The Morgan fingerprint density at radius 2 is 1.77 bits per heavy atom. The maximum atomic E-state index is 13.4. The molecule has 304 valence electrons. The topological polar surface area (TPSA) is 216 Å². The Balaban J connectivity index is 1.54. The lowest BCUT2D eigenvalue weighted by atomic mass is 9.76. The lowest BCUT2D eigenvalue weighted by Crippen LogP contribution is -2.36. The van der Waals surface area contributed by atoms with Crippen LogP contribution >= 0.6 is 12.0 Å². The number of hydrogen-bond donors (Lipinski definition) is 4. The number of benzene rings is 1. The number of amides is 3. The number of anilines is 1. The third kappa shape index (κ3) is 11.0. The summed E-state index contributed by atoms with van der Waals surface area (Å²) in [6, 6.07) is 5.25. The van der Waals surface area contributed by atoms with E-state index in [0.717, 1.165) is 39.6 Å². The van der Waals surface area contributed by atoms with Gasteiger partial charge in [-0.3, -0.25) is 24.6 Å². The van der Waals surface area contributed by atoms with Crippen LogP contribution in [0.1, 0.15) is 65.4 Å². The van der Waals surface area contributed by atoms with Crippen LogP contribution in [0.3, 0.4) is 0 Å². The number of rotatable bonds is 17. The zero-order valence-corrected chi connectivity index (χ0v) is 34.2. The molecule has 3 aliphatic rings. The van der Waals surface area contributed by atoms with E-state index in [9.17, 15) is 41.3 Å². The van der Waals surface area contributed by atoms with E-state index in [-0.39, 0.29) is 24.2 Å². The average Bonchev–Trinajstić information content (AvgIpc) is 3.56. The molecule has 0 aliphatic carbocycles. The fourth-order valence-electron chi connectivity index (χ4n) is 6.35. The van der Waals surface area contributed by atoms with Crippen LogP contribution in [0, 0.1) is 5.41 Å². The number of carbonyl (C=O) groups excluding carboxylic acids is 4. The van der Waals surface area contributed by atoms with Crippen molar-refractivity contribution in [3.05, 3.63) is 83.3 Å². The van der Waals surface area contributed by atoms with Crippen molar-refractivity contribution in [1.29, 1.82) is 0 Å². The van der Waals surface area contributed by atoms with Crippen molar-refractivity contribution in [2.24, 2.45) is 10.5 Å². The second-order valence-corrected chi connectivity index (χ2v) is 16.6. The van der Waals surface area contributed by atoms with Crippen LogP contribution in [-0.4, -0.2) is 93.3 Å². The zero-order valence-electron chi connectivity index (χ0n) is 31.8. The van der Waals surface area contributed by atoms with Gasteiger partial charge in [0.25, 0.3) is 17.7 Å². The number of hydroxylamine groups is 4. The molecular weight excluding hydrogens is 787 g/mol. The highest BCUT2D eigenvalue weighted by molar-refractivity contribution is 7.93. The van der Waals surface area contributed by atoms with Crippen molar-refractivity contribution in [1.82, 2.24) is 15.6 Å². The number of nitrogens with one attached hydrogen (secondary N) is 1. The standard InChI is InChI=1S/C37H47N5O11S3/c1-36(2)26(11-9-20-55(48)49)21-25(35(46)40(5)52-24-34(45)53-42-32(43)16-17-33(42)44)23-38-39-30(36)12-7-6-8-13-31-37(3,4)28-22-27(56(50)51)14-15-29(28)41(31)18-10-19-54-47/h6-8,12-15,21-23,38,47H,9-11,16-20,24H2,1-5H3,(H,48,49)(H,50,51)/b8-6+,12-7+,25-23-,26-21+,31-13+,39-30-. The van der Waals surface area contributed by atoms with Gasteiger partial charge in [-0.15, -0.1) is 5.06 Å². The first-order chi connectivity index (χ1) is 26.5. The van der Waals surface area contributed by atoms with Crippen LogP contribution in [0.5, 0.6) is 0 Å². The molecular formula is C37H47N5O11S3. The minimum absolute atomic E-state index is 0.0147. The molecule has 1 aromatic rings. The average molecular weight is 834 g/mol. The highest BCUT2D eigenvalue weighted by atomic mass is 32.2. The molecule has 56 heavy (non-hydrogen) atoms. The Morgan fingerprint density at radius 3 is 2.43 bits per heavy atom. The number of imide groups is 1. The quantitative estimate of drug-likeness (QED) is 0.0416. The summed E-state index contributed by atoms with van der Waals surface area (Å²) >= 11 is -3.37. The summed E-state index contributed by atoms with van der Waals surface area (Å²) in [6.07, 6.45) is 13.6. The second-order valence-electron chi connectivity index (χ2n) is 14.0. The predicted octanol–water partition coefficient (Wildman–Crippen LogP) is 4.75. The van der Waals surface area contributed by atoms with Crippen LogP contribution in [-0.2, 0) is 56.4 Å². The molecule has 3 heterocycles. The molecule has 1 fully saturated rings. The Morgan fingerprint density at radius 1 is 1.05 bits per heavy atom. The van der Waals surface area contributed by atoms with E-state index >= 15 is 0 Å². The van der Waals surface area contributed by atoms with Crippen molar-refractivity contribution in [2.45, 2.75) is 70.1 Å². The highest BCUT2D eigenvalue weighted by Crippen LogP contribution is 2.48. The third-order valence-electron chi connectivity index (χ3n) is 9.46. The summed E-state index contributed by atoms with van der Waals surface area (Å²) in [5, 5.41) is 5.73. The van der Waals surface area contributed by atoms with Crippen LogP contribution in [0.25, 0.3) is 0 Å². The van der Waals surface area contributed by atoms with Gasteiger partial charge in [0.1, 0.15) is 0 Å². The van der Waals surface area contributed by atoms with E-state index in [1.807, 2.05) is 50.3 Å². The normalized spacial score (nSPS) is 22.4. The summed E-state index contributed by atoms with van der Waals surface area (Å²) < 4.78 is 51.8. The van der Waals surface area contributed by atoms with Gasteiger partial charge < -0.3 is 23.4 Å². The van der Waals surface area contributed by atoms with Crippen LogP contribution in [0.2, 0.25) is 0 Å². The maximum Gasteiger partial charge on any atom is 0.361 e. The highest BCUT2D eigenvalue weighted by Gasteiger charge is 2.40. The minimum Gasteiger partial charge on any atom is -0.344 e. The third-order valence-corrected chi connectivity index (χ3v) is 11.2. The largest absolute Gasteiger partial charge is 0.361 e. The Hall–Kier alpha value is -4.24. The molecule has 4 N–H and O–H groups in total. The van der Waals surface area contributed by atoms with Gasteiger partial charge in [-0.05, 0) is 73.3 Å². The van der Waals surface area contributed by atoms with Gasteiger partial charge in [0.15, 0.2) is 28.8 Å². The summed E-state index contributed by atoms with van der Waals surface area (Å²) in [5.41, 5.74) is 5.79. The van der Waals surface area contributed by atoms with Crippen molar-refractivity contribution >= 4 is 69.3 Å². The summed E-state index contributed by atoms with van der Waals surface area (Å²) in [6.45, 7) is 7.78. The summed E-state index contributed by atoms with van der Waals surface area (Å²) in [4.78, 5) is 61.7. The molecule has 2 atom stereocenters. The number of carbonyl (C=O) groups is 4. The fourth-order valence-corrected chi connectivity index (χ4v) is 7.40. The van der Waals surface area contributed by atoms with E-state index in [1.165, 1.54) is 13.2 Å². The van der Waals surface area contributed by atoms with Gasteiger partial charge in [-0.1, -0.05) is 51.5 Å². The van der Waals surface area contributed by atoms with Gasteiger partial charge in [0, 0.05) is 66.4 Å². The zero-order chi connectivity index (χ0) is 41.2. The molecule has 0 radical (unpaired) electrons. The van der Waals surface area contributed by atoms with Gasteiger partial charge in [0.2, 0.25) is 0 Å². The smallest absolute Gasteiger partial charge is 0.344 e. The second kappa shape index (κ2) is 19.8. The first-order valence-electron chi connectivity index (χ1n) is 17.6. The lowest BCUT2D eigenvalue weighted by molar-refractivity contribution is -0.211. The van der Waals surface area contributed by atoms with Gasteiger partial charge in [-0.25, -0.2) is 18.3 Å². The molecule has 1 aromatic carbocycles. The van der Waals surface area contributed by atoms with Gasteiger partial charge in [-0.2, -0.15) is 5.10 Å². The number of fused-ring (bicyclic) bond motifs is 1. The molecule has 3 aliphatic heterocycles. The Bertz CT molecular complexity index is 1920. The predicted molar refractivity (Wildman–Crippen MR) is 213 cm³/mol. The Labute approximate surface area is 335 Å². The molecule has 19 heteroatoms. The van der Waals surface area contributed by atoms with Crippen LogP contribution in [0.4, 0.5) is 5.69 Å². The first-order valence-corrected chi connectivity index (χ1v) is 21.0. The van der Waals surface area contributed by atoms with Crippen molar-refractivity contribution in [2.75, 3.05) is 36.6 Å². The molecule has 0 spiro atoms. The molecule has 1 saturated heterocycles. The van der Waals surface area contributed by atoms with Crippen molar-refractivity contribution in [3.63, 3.8) is 0 Å². The van der Waals surface area contributed by atoms with E-state index in [0.29, 0.717) is 47.2 Å². The molecule has 0 aromatic heterocycles. The summed E-state index contributed by atoms with van der Waals surface area (Å²) in [5.74, 6) is -2.45. The maximum absolute atomic E-state index is 13.4. The van der Waals surface area contributed by atoms with Crippen molar-refractivity contribution in [3.8, 4) is 0 Å². The summed E-state index contributed by atoms with van der Waals surface area (Å²) in [7, 11) is 1.28. The number of nitrogens with zero attached hydrogens (tertiary/aromatic N) is 4.